The Morgan fingerprint density at radius 2 is 0.380 bits per heavy atom. The Morgan fingerprint density at radius 3 is 0.720 bits per heavy atom. The topological polar surface area (TPSA) is 32.7 Å². The molecule has 0 aliphatic heterocycles. The second-order valence-corrected chi connectivity index (χ2v) is 40.8. The zero-order chi connectivity index (χ0) is 101. The van der Waals surface area contributed by atoms with Crippen LogP contribution >= 0.6 is 0 Å². The zero-order valence-electron chi connectivity index (χ0n) is 84.8. The normalized spacial score (nSPS) is 13.1. The highest BCUT2D eigenvalue weighted by molar-refractivity contribution is 6.15. The number of rotatable bonds is 13. The molecular weight excluding hydrogens is 1820 g/mol. The lowest BCUT2D eigenvalue weighted by Crippen LogP contribution is -2.28. The van der Waals surface area contributed by atoms with Crippen molar-refractivity contribution < 1.29 is 0 Å². The number of benzene rings is 22. The molecule has 0 bridgehead atoms. The molecule has 22 aromatic carbocycles. The molecule has 4 aliphatic carbocycles. The highest BCUT2D eigenvalue weighted by Crippen LogP contribution is 2.64. The Kier molecular flexibility index (Phi) is 21.7. The summed E-state index contributed by atoms with van der Waals surface area (Å²) in [5, 5.41) is 10.2. The average molecular weight is 1930 g/mol. The van der Waals surface area contributed by atoms with Gasteiger partial charge in [-0.3, -0.25) is 0 Å². The molecule has 4 aliphatic rings. The van der Waals surface area contributed by atoms with Crippen molar-refractivity contribution in [3.8, 4) is 61.6 Å². The summed E-state index contributed by atoms with van der Waals surface area (Å²) >= 11 is 0. The fourth-order valence-electron chi connectivity index (χ4n) is 25.5. The maximum Gasteiger partial charge on any atom is 0.0726 e. The van der Waals surface area contributed by atoms with Gasteiger partial charge in [-0.15, -0.1) is 0 Å². The molecule has 30 rings (SSSR count). The molecule has 0 saturated carbocycles. The van der Waals surface area contributed by atoms with Gasteiger partial charge in [-0.1, -0.05) is 360 Å². The molecule has 716 valence electrons. The molecular formula is C142H108N8. The van der Waals surface area contributed by atoms with Crippen molar-refractivity contribution in [3.05, 3.63) is 583 Å². The Bertz CT molecular complexity index is 9410. The summed E-state index contributed by atoms with van der Waals surface area (Å²) in [6.07, 6.45) is 0. The molecule has 8 heteroatoms. The van der Waals surface area contributed by atoms with Gasteiger partial charge in [0.05, 0.1) is 43.9 Å². The molecule has 4 aromatic heterocycles. The van der Waals surface area contributed by atoms with Crippen molar-refractivity contribution in [2.75, 3.05) is 47.8 Å². The maximum atomic E-state index is 2.48. The van der Waals surface area contributed by atoms with Gasteiger partial charge in [0.1, 0.15) is 0 Å². The van der Waals surface area contributed by atoms with Gasteiger partial charge in [-0.2, -0.15) is 0 Å². The van der Waals surface area contributed by atoms with Crippen molar-refractivity contribution >= 4 is 133 Å². The van der Waals surface area contributed by atoms with Crippen LogP contribution in [0.3, 0.4) is 0 Å². The van der Waals surface area contributed by atoms with Crippen LogP contribution in [0.15, 0.2) is 528 Å². The SMILES string of the molecule is CN(c1ccccc1)c1ccc2c(c1)c1ccccc1n2-c1ccc2c(c1)C(C)(C)c1ccccc1-2.CN(c1ccccc1)c1ccc2c(c1)c1ccccc1n2-c1ccc2c(c1)C(c1ccccc1)(c1ccccc1)c1ccccc1-2.CN(c1ccccc1)c1ccc2c(c1)c1ccccc1n2-c1ccc2c(c1)C1(c3ccccc3-c3ccccc31)c1ccccc1-2.CN(c1ccccc1)c1ccc2c(c1)c1ccccc1n2C. The van der Waals surface area contributed by atoms with Gasteiger partial charge in [0, 0.05) is 157 Å². The van der Waals surface area contributed by atoms with Gasteiger partial charge in [-0.05, 0) is 282 Å². The van der Waals surface area contributed by atoms with E-state index in [2.05, 4.69) is 609 Å². The molecule has 0 N–H and O–H groups in total. The van der Waals surface area contributed by atoms with E-state index in [0.29, 0.717) is 0 Å². The summed E-state index contributed by atoms with van der Waals surface area (Å²) < 4.78 is 9.59. The second-order valence-electron chi connectivity index (χ2n) is 40.8. The average Bonchev–Trinajstić information content (AvgIpc) is 1.50. The Balaban J connectivity index is 0.000000101. The van der Waals surface area contributed by atoms with E-state index in [4.69, 9.17) is 0 Å². The summed E-state index contributed by atoms with van der Waals surface area (Å²) in [5.74, 6) is 0. The minimum absolute atomic E-state index is 0.0216. The number of hydrogen-bond acceptors (Lipinski definition) is 4. The number of aryl methyl sites for hydroxylation is 1. The molecule has 0 fully saturated rings. The molecule has 0 saturated heterocycles. The number of anilines is 8. The number of aromatic nitrogens is 4. The quantitative estimate of drug-likeness (QED) is 0.115. The van der Waals surface area contributed by atoms with Crippen molar-refractivity contribution in [1.29, 1.82) is 0 Å². The lowest BCUT2D eigenvalue weighted by molar-refractivity contribution is 0.660. The molecule has 8 nitrogen and oxygen atoms in total. The smallest absolute Gasteiger partial charge is 0.0726 e. The molecule has 0 unspecified atom stereocenters. The summed E-state index contributed by atoms with van der Waals surface area (Å²) in [6, 6.07) is 193. The third kappa shape index (κ3) is 14.2. The molecule has 1 spiro atoms. The van der Waals surface area contributed by atoms with E-state index in [1.165, 1.54) is 239 Å². The molecule has 26 aromatic rings. The molecule has 150 heavy (non-hydrogen) atoms. The number of nitrogens with zero attached hydrogens (tertiary/aromatic N) is 8. The standard InChI is InChI=1S/C44H30N2.C44H32N2.C34H28N2.C20H18N2/c1-45(29-13-3-2-4-14-29)30-24-26-43-37(27-30)36-18-8-12-22-42(36)46(43)31-23-25-35-34-17-7-11-21-40(34)44(41(35)28-31)38-19-9-5-15-32(38)33-16-6-10-20-39(33)44;1-45(33-19-9-4-10-20-33)34-26-28-43-39(29-34)38-22-12-14-24-42(38)46(43)35-25-27-37-36-21-11-13-23-40(36)44(41(37)30-35,31-15-5-2-6-16-31)32-17-7-3-8-18-32;1-34(2)30-15-9-7-13-26(30)27-19-17-25(22-31(27)34)36-32-16-10-8-14-28(32)29-21-24(18-20-33(29)36)35(3)23-11-5-4-6-12-23;1-21(15-8-4-3-5-9-15)16-12-13-20-18(14-16)17-10-6-7-11-19(17)22(20)2/h2-28H,1H3;2-30H,1H3;4-22H,1-3H3;3-14H,1-2H3. The van der Waals surface area contributed by atoms with Crippen LogP contribution in [-0.4, -0.2) is 46.5 Å². The van der Waals surface area contributed by atoms with Crippen LogP contribution in [0.1, 0.15) is 69.5 Å². The van der Waals surface area contributed by atoms with Crippen molar-refractivity contribution in [2.24, 2.45) is 7.05 Å². The number of fused-ring (bicyclic) bond motifs is 28. The summed E-state index contributed by atoms with van der Waals surface area (Å²) in [5.41, 5.74) is 46.1. The third-order valence-corrected chi connectivity index (χ3v) is 32.8. The van der Waals surface area contributed by atoms with E-state index in [9.17, 15) is 0 Å². The molecule has 4 heterocycles. The highest BCUT2D eigenvalue weighted by Gasteiger charge is 2.52. The van der Waals surface area contributed by atoms with Crippen LogP contribution in [0.25, 0.3) is 149 Å². The predicted molar refractivity (Wildman–Crippen MR) is 632 cm³/mol. The fraction of sp³-hybridized carbons (Fsp3) is 0.0704. The van der Waals surface area contributed by atoms with Crippen molar-refractivity contribution in [3.63, 3.8) is 0 Å². The minimum atomic E-state index is -0.436. The fourth-order valence-corrected chi connectivity index (χ4v) is 25.5. The van der Waals surface area contributed by atoms with E-state index in [-0.39, 0.29) is 10.8 Å². The van der Waals surface area contributed by atoms with Gasteiger partial charge in [0.25, 0.3) is 0 Å². The third-order valence-electron chi connectivity index (χ3n) is 32.8. The first kappa shape index (κ1) is 90.0. The van der Waals surface area contributed by atoms with Crippen LogP contribution in [0.5, 0.6) is 0 Å². The number of hydrogen-bond donors (Lipinski definition) is 0. The first-order valence-corrected chi connectivity index (χ1v) is 52.1. The van der Waals surface area contributed by atoms with Gasteiger partial charge < -0.3 is 37.9 Å². The molecule has 0 amide bonds. The first-order chi connectivity index (χ1) is 73.8. The second kappa shape index (κ2) is 36.2. The highest BCUT2D eigenvalue weighted by atomic mass is 15.1. The van der Waals surface area contributed by atoms with Gasteiger partial charge >= 0.3 is 0 Å². The monoisotopic (exact) mass is 1920 g/mol. The maximum absolute atomic E-state index is 2.48. The Labute approximate surface area is 874 Å². The number of para-hydroxylation sites is 8. The van der Waals surface area contributed by atoms with Crippen LogP contribution in [0, 0.1) is 0 Å². The molecule has 0 radical (unpaired) electrons. The lowest BCUT2D eigenvalue weighted by atomic mass is 9.67. The van der Waals surface area contributed by atoms with E-state index < -0.39 is 5.41 Å². The van der Waals surface area contributed by atoms with Gasteiger partial charge in [-0.25, -0.2) is 0 Å². The van der Waals surface area contributed by atoms with Crippen molar-refractivity contribution in [1.82, 2.24) is 18.3 Å². The van der Waals surface area contributed by atoms with Crippen LogP contribution in [0.2, 0.25) is 0 Å². The zero-order valence-corrected chi connectivity index (χ0v) is 84.8. The Hall–Kier alpha value is -18.8. The minimum Gasteiger partial charge on any atom is -0.345 e. The Morgan fingerprint density at radius 1 is 0.160 bits per heavy atom. The van der Waals surface area contributed by atoms with E-state index in [0.717, 1.165) is 11.4 Å². The van der Waals surface area contributed by atoms with E-state index >= 15 is 0 Å². The van der Waals surface area contributed by atoms with Gasteiger partial charge in [0.15, 0.2) is 0 Å². The van der Waals surface area contributed by atoms with Crippen LogP contribution < -0.4 is 19.6 Å². The first-order valence-electron chi connectivity index (χ1n) is 52.1. The lowest BCUT2D eigenvalue weighted by Gasteiger charge is -2.34. The van der Waals surface area contributed by atoms with E-state index in [1.54, 1.807) is 0 Å². The largest absolute Gasteiger partial charge is 0.345 e. The summed E-state index contributed by atoms with van der Waals surface area (Å²) in [4.78, 5) is 8.99. The van der Waals surface area contributed by atoms with Crippen molar-refractivity contribution in [2.45, 2.75) is 30.1 Å². The summed E-state index contributed by atoms with van der Waals surface area (Å²) in [7, 11) is 10.7. The van der Waals surface area contributed by atoms with Gasteiger partial charge in [0.2, 0.25) is 0 Å². The van der Waals surface area contributed by atoms with Crippen LogP contribution in [0.4, 0.5) is 45.5 Å². The van der Waals surface area contributed by atoms with E-state index in [1.807, 2.05) is 6.07 Å². The predicted octanol–water partition coefficient (Wildman–Crippen LogP) is 35.8. The van der Waals surface area contributed by atoms with Crippen LogP contribution in [-0.2, 0) is 23.3 Å². The summed E-state index contributed by atoms with van der Waals surface area (Å²) in [6.45, 7) is 4.69. The molecule has 0 atom stereocenters.